The molecule has 1 aromatic heterocycles. The van der Waals surface area contributed by atoms with Gasteiger partial charge in [0.2, 0.25) is 15.9 Å². The number of furan rings is 1. The van der Waals surface area contributed by atoms with Gasteiger partial charge in [0.1, 0.15) is 17.3 Å². The number of rotatable bonds is 5. The number of carbonyl (C=O) groups excluding carboxylic acids is 1. The van der Waals surface area contributed by atoms with E-state index >= 15 is 0 Å². The smallest absolute Gasteiger partial charge is 0.239 e. The molecule has 1 aliphatic heterocycles. The molecule has 6 nitrogen and oxygen atoms in total. The van der Waals surface area contributed by atoms with Gasteiger partial charge < -0.3 is 9.32 Å². The minimum absolute atomic E-state index is 0.164. The van der Waals surface area contributed by atoms with E-state index in [1.165, 1.54) is 14.1 Å². The molecule has 1 amide bonds. The van der Waals surface area contributed by atoms with Crippen molar-refractivity contribution in [3.63, 3.8) is 0 Å². The summed E-state index contributed by atoms with van der Waals surface area (Å²) in [5, 5.41) is 0. The molecule has 2 heterocycles. The number of amides is 1. The Morgan fingerprint density at radius 1 is 1.30 bits per heavy atom. The van der Waals surface area contributed by atoms with Crippen molar-refractivity contribution in [2.75, 3.05) is 26.4 Å². The van der Waals surface area contributed by atoms with Gasteiger partial charge in [-0.2, -0.15) is 0 Å². The summed E-state index contributed by atoms with van der Waals surface area (Å²) >= 11 is 0. The fraction of sp³-hybridized carbons (Fsp3) is 0.688. The molecular formula is C16H26N2O4S. The molecule has 1 fully saturated rings. The molecule has 0 unspecified atom stereocenters. The van der Waals surface area contributed by atoms with Crippen molar-refractivity contribution in [1.82, 2.24) is 9.21 Å². The summed E-state index contributed by atoms with van der Waals surface area (Å²) in [5.74, 6) is 0.814. The third-order valence-electron chi connectivity index (χ3n) is 4.29. The zero-order chi connectivity index (χ0) is 17.0. The fourth-order valence-electron chi connectivity index (χ4n) is 2.83. The van der Waals surface area contributed by atoms with Crippen LogP contribution in [0.5, 0.6) is 0 Å². The standard InChI is InChI=1S/C16H26N2O4S/c1-4-13-9-10-15(22-13)14-8-6-5-7-11-18(14)16(19)12-23(20,21)17(2)3/h9-10,14H,4-8,11-12H2,1-3H3/t14-/m1/s1. The number of sulfonamides is 1. The SMILES string of the molecule is CCc1ccc([C@H]2CCCCCN2C(=O)CS(=O)(=O)N(C)C)o1. The molecule has 1 saturated heterocycles. The predicted molar refractivity (Wildman–Crippen MR) is 88.5 cm³/mol. The summed E-state index contributed by atoms with van der Waals surface area (Å²) in [7, 11) is -0.658. The van der Waals surface area contributed by atoms with Crippen LogP contribution in [0.3, 0.4) is 0 Å². The summed E-state index contributed by atoms with van der Waals surface area (Å²) in [6.07, 6.45) is 4.56. The second kappa shape index (κ2) is 7.49. The van der Waals surface area contributed by atoms with E-state index in [-0.39, 0.29) is 11.9 Å². The number of hydrogen-bond donors (Lipinski definition) is 0. The first-order valence-corrected chi connectivity index (χ1v) is 9.74. The second-order valence-electron chi connectivity index (χ2n) is 6.15. The van der Waals surface area contributed by atoms with E-state index in [1.54, 1.807) is 4.90 Å². The number of aryl methyl sites for hydroxylation is 1. The van der Waals surface area contributed by atoms with Crippen LogP contribution in [0.25, 0.3) is 0 Å². The third kappa shape index (κ3) is 4.35. The molecule has 0 aromatic carbocycles. The summed E-state index contributed by atoms with van der Waals surface area (Å²) < 4.78 is 31.0. The molecular weight excluding hydrogens is 316 g/mol. The maximum Gasteiger partial charge on any atom is 0.239 e. The van der Waals surface area contributed by atoms with Crippen LogP contribution >= 0.6 is 0 Å². The average Bonchev–Trinajstić information content (AvgIpc) is 2.83. The monoisotopic (exact) mass is 342 g/mol. The Hall–Kier alpha value is -1.34. The predicted octanol–water partition coefficient (Wildman–Crippen LogP) is 2.18. The van der Waals surface area contributed by atoms with Crippen molar-refractivity contribution < 1.29 is 17.6 Å². The summed E-state index contributed by atoms with van der Waals surface area (Å²) in [6, 6.07) is 3.68. The molecule has 0 saturated carbocycles. The summed E-state index contributed by atoms with van der Waals surface area (Å²) in [5.41, 5.74) is 0. The first-order chi connectivity index (χ1) is 10.8. The maximum absolute atomic E-state index is 12.6. The highest BCUT2D eigenvalue weighted by atomic mass is 32.2. The first kappa shape index (κ1) is 18.0. The van der Waals surface area contributed by atoms with Crippen molar-refractivity contribution in [1.29, 1.82) is 0 Å². The lowest BCUT2D eigenvalue weighted by atomic mass is 10.1. The van der Waals surface area contributed by atoms with E-state index in [9.17, 15) is 13.2 Å². The van der Waals surface area contributed by atoms with Crippen molar-refractivity contribution >= 4 is 15.9 Å². The molecule has 0 N–H and O–H groups in total. The molecule has 0 aliphatic carbocycles. The van der Waals surface area contributed by atoms with Gasteiger partial charge in [-0.15, -0.1) is 0 Å². The Morgan fingerprint density at radius 2 is 2.04 bits per heavy atom. The van der Waals surface area contributed by atoms with Crippen molar-refractivity contribution in [3.05, 3.63) is 23.7 Å². The molecule has 7 heteroatoms. The molecule has 130 valence electrons. The lowest BCUT2D eigenvalue weighted by Crippen LogP contribution is -2.41. The second-order valence-corrected chi connectivity index (χ2v) is 8.33. The van der Waals surface area contributed by atoms with E-state index in [0.29, 0.717) is 6.54 Å². The Kier molecular flexibility index (Phi) is 5.86. The molecule has 23 heavy (non-hydrogen) atoms. The lowest BCUT2D eigenvalue weighted by molar-refractivity contribution is -0.131. The number of hydrogen-bond acceptors (Lipinski definition) is 4. The maximum atomic E-state index is 12.6. The Labute approximate surface area is 138 Å². The summed E-state index contributed by atoms with van der Waals surface area (Å²) in [4.78, 5) is 14.3. The highest BCUT2D eigenvalue weighted by Gasteiger charge is 2.32. The van der Waals surface area contributed by atoms with Gasteiger partial charge in [-0.05, 0) is 25.0 Å². The van der Waals surface area contributed by atoms with Gasteiger partial charge in [0.25, 0.3) is 0 Å². The molecule has 1 atom stereocenters. The van der Waals surface area contributed by atoms with E-state index in [2.05, 4.69) is 0 Å². The third-order valence-corrected chi connectivity index (χ3v) is 6.02. The van der Waals surface area contributed by atoms with Gasteiger partial charge in [-0.3, -0.25) is 4.79 Å². The van der Waals surface area contributed by atoms with Gasteiger partial charge >= 0.3 is 0 Å². The molecule has 1 aliphatic rings. The van der Waals surface area contributed by atoms with Crippen LogP contribution in [0.1, 0.15) is 50.2 Å². The highest BCUT2D eigenvalue weighted by Crippen LogP contribution is 2.31. The van der Waals surface area contributed by atoms with E-state index in [4.69, 9.17) is 4.42 Å². The van der Waals surface area contributed by atoms with Crippen LogP contribution < -0.4 is 0 Å². The van der Waals surface area contributed by atoms with Crippen LogP contribution in [0.15, 0.2) is 16.5 Å². The van der Waals surface area contributed by atoms with Crippen LogP contribution in [0.2, 0.25) is 0 Å². The molecule has 2 rings (SSSR count). The first-order valence-electron chi connectivity index (χ1n) is 8.13. The van der Waals surface area contributed by atoms with Gasteiger partial charge in [0.15, 0.2) is 0 Å². The molecule has 0 spiro atoms. The van der Waals surface area contributed by atoms with E-state index in [0.717, 1.165) is 47.9 Å². The Morgan fingerprint density at radius 3 is 2.65 bits per heavy atom. The molecule has 1 aromatic rings. The zero-order valence-electron chi connectivity index (χ0n) is 14.1. The average molecular weight is 342 g/mol. The Balaban J connectivity index is 2.22. The normalized spacial score (nSPS) is 19.8. The minimum atomic E-state index is -3.55. The van der Waals surface area contributed by atoms with E-state index in [1.807, 2.05) is 19.1 Å². The quantitative estimate of drug-likeness (QED) is 0.822. The van der Waals surface area contributed by atoms with Gasteiger partial charge in [-0.25, -0.2) is 12.7 Å². The highest BCUT2D eigenvalue weighted by molar-refractivity contribution is 7.89. The number of nitrogens with zero attached hydrogens (tertiary/aromatic N) is 2. The van der Waals surface area contributed by atoms with Crippen molar-refractivity contribution in [3.8, 4) is 0 Å². The van der Waals surface area contributed by atoms with Crippen LogP contribution in [0.4, 0.5) is 0 Å². The van der Waals surface area contributed by atoms with Gasteiger partial charge in [0, 0.05) is 27.1 Å². The van der Waals surface area contributed by atoms with Crippen LogP contribution in [-0.4, -0.2) is 49.9 Å². The van der Waals surface area contributed by atoms with E-state index < -0.39 is 15.8 Å². The van der Waals surface area contributed by atoms with Crippen LogP contribution in [0, 0.1) is 0 Å². The summed E-state index contributed by atoms with van der Waals surface area (Å²) in [6.45, 7) is 2.59. The fourth-order valence-corrected chi connectivity index (χ4v) is 3.57. The van der Waals surface area contributed by atoms with Crippen LogP contribution in [-0.2, 0) is 21.2 Å². The molecule has 0 bridgehead atoms. The topological polar surface area (TPSA) is 70.8 Å². The Bertz CT molecular complexity index is 636. The zero-order valence-corrected chi connectivity index (χ0v) is 14.9. The minimum Gasteiger partial charge on any atom is -0.464 e. The van der Waals surface area contributed by atoms with Gasteiger partial charge in [0.05, 0.1) is 6.04 Å². The largest absolute Gasteiger partial charge is 0.464 e. The number of carbonyl (C=O) groups is 1. The lowest BCUT2D eigenvalue weighted by Gasteiger charge is -2.29. The van der Waals surface area contributed by atoms with Crippen molar-refractivity contribution in [2.24, 2.45) is 0 Å². The number of likely N-dealkylation sites (tertiary alicyclic amines) is 1. The molecule has 0 radical (unpaired) electrons. The van der Waals surface area contributed by atoms with Gasteiger partial charge in [-0.1, -0.05) is 19.8 Å². The van der Waals surface area contributed by atoms with Crippen molar-refractivity contribution in [2.45, 2.75) is 45.1 Å².